The molecule has 0 bridgehead atoms. The third-order valence-corrected chi connectivity index (χ3v) is 2.93. The van der Waals surface area contributed by atoms with Crippen molar-refractivity contribution in [2.75, 3.05) is 13.1 Å². The number of nitrogens with one attached hydrogen (secondary N) is 2. The number of benzene rings is 1. The SMILES string of the molecule is Cl.c1ccc2[nH]c(OC3CCNCC3)nc2c1. The van der Waals surface area contributed by atoms with E-state index in [1.165, 1.54) is 0 Å². The summed E-state index contributed by atoms with van der Waals surface area (Å²) in [5.74, 6) is 0. The number of aromatic amines is 1. The number of hydrogen-bond donors (Lipinski definition) is 2. The lowest BCUT2D eigenvalue weighted by atomic mass is 10.1. The predicted octanol–water partition coefficient (Wildman–Crippen LogP) is 2.12. The predicted molar refractivity (Wildman–Crippen MR) is 69.9 cm³/mol. The molecule has 0 unspecified atom stereocenters. The molecule has 4 nitrogen and oxygen atoms in total. The molecule has 2 heterocycles. The quantitative estimate of drug-likeness (QED) is 0.862. The second-order valence-electron chi connectivity index (χ2n) is 4.13. The lowest BCUT2D eigenvalue weighted by Gasteiger charge is -2.22. The molecule has 1 aliphatic heterocycles. The van der Waals surface area contributed by atoms with Gasteiger partial charge in [-0.3, -0.25) is 0 Å². The van der Waals surface area contributed by atoms with Crippen LogP contribution >= 0.6 is 12.4 Å². The summed E-state index contributed by atoms with van der Waals surface area (Å²) in [6, 6.07) is 8.62. The van der Waals surface area contributed by atoms with Crippen molar-refractivity contribution in [2.24, 2.45) is 0 Å². The standard InChI is InChI=1S/C12H15N3O.ClH/c1-2-4-11-10(3-1)14-12(15-11)16-9-5-7-13-8-6-9;/h1-4,9,13H,5-8H2,(H,14,15);1H. The second kappa shape index (κ2) is 5.38. The zero-order valence-electron chi connectivity index (χ0n) is 9.48. The molecule has 3 rings (SSSR count). The first-order valence-corrected chi connectivity index (χ1v) is 5.74. The minimum Gasteiger partial charge on any atom is -0.461 e. The molecule has 0 spiro atoms. The van der Waals surface area contributed by atoms with Crippen molar-refractivity contribution in [1.29, 1.82) is 0 Å². The Morgan fingerprint density at radius 1 is 1.18 bits per heavy atom. The van der Waals surface area contributed by atoms with E-state index in [-0.39, 0.29) is 12.4 Å². The third kappa shape index (κ3) is 2.70. The smallest absolute Gasteiger partial charge is 0.294 e. The van der Waals surface area contributed by atoms with Gasteiger partial charge < -0.3 is 15.0 Å². The van der Waals surface area contributed by atoms with Gasteiger partial charge in [0.15, 0.2) is 0 Å². The monoisotopic (exact) mass is 253 g/mol. The minimum absolute atomic E-state index is 0. The van der Waals surface area contributed by atoms with Crippen LogP contribution in [-0.2, 0) is 0 Å². The van der Waals surface area contributed by atoms with E-state index in [0.717, 1.165) is 37.0 Å². The number of H-pyrrole nitrogens is 1. The van der Waals surface area contributed by atoms with Gasteiger partial charge in [0.25, 0.3) is 6.01 Å². The van der Waals surface area contributed by atoms with E-state index in [4.69, 9.17) is 4.74 Å². The zero-order valence-corrected chi connectivity index (χ0v) is 10.3. The number of halogens is 1. The Kier molecular flexibility index (Phi) is 3.86. The molecule has 2 N–H and O–H groups in total. The van der Waals surface area contributed by atoms with Gasteiger partial charge in [-0.1, -0.05) is 12.1 Å². The van der Waals surface area contributed by atoms with Crippen molar-refractivity contribution in [3.05, 3.63) is 24.3 Å². The number of aromatic nitrogens is 2. The normalized spacial score (nSPS) is 16.7. The van der Waals surface area contributed by atoms with Crippen LogP contribution in [0.2, 0.25) is 0 Å². The number of nitrogens with zero attached hydrogens (tertiary/aromatic N) is 1. The molecule has 0 saturated carbocycles. The largest absolute Gasteiger partial charge is 0.461 e. The van der Waals surface area contributed by atoms with Gasteiger partial charge in [0.1, 0.15) is 6.10 Å². The molecule has 2 aromatic rings. The molecule has 1 aromatic heterocycles. The van der Waals surface area contributed by atoms with E-state index < -0.39 is 0 Å². The molecule has 1 aliphatic rings. The van der Waals surface area contributed by atoms with Gasteiger partial charge in [-0.2, -0.15) is 4.98 Å². The highest BCUT2D eigenvalue weighted by Gasteiger charge is 2.15. The van der Waals surface area contributed by atoms with Crippen LogP contribution in [0, 0.1) is 0 Å². The molecule has 1 aromatic carbocycles. The van der Waals surface area contributed by atoms with E-state index in [0.29, 0.717) is 12.1 Å². The first-order chi connectivity index (χ1) is 7.92. The second-order valence-corrected chi connectivity index (χ2v) is 4.13. The van der Waals surface area contributed by atoms with Crippen molar-refractivity contribution in [2.45, 2.75) is 18.9 Å². The van der Waals surface area contributed by atoms with Crippen LogP contribution in [0.5, 0.6) is 6.01 Å². The van der Waals surface area contributed by atoms with E-state index in [9.17, 15) is 0 Å². The lowest BCUT2D eigenvalue weighted by Crippen LogP contribution is -2.34. The fourth-order valence-corrected chi connectivity index (χ4v) is 2.06. The summed E-state index contributed by atoms with van der Waals surface area (Å²) < 4.78 is 5.83. The van der Waals surface area contributed by atoms with Gasteiger partial charge in [-0.15, -0.1) is 12.4 Å². The van der Waals surface area contributed by atoms with Gasteiger partial charge in [0, 0.05) is 0 Å². The Morgan fingerprint density at radius 3 is 2.71 bits per heavy atom. The average molecular weight is 254 g/mol. The Balaban J connectivity index is 0.00000108. The highest BCUT2D eigenvalue weighted by atomic mass is 35.5. The topological polar surface area (TPSA) is 49.9 Å². The first-order valence-electron chi connectivity index (χ1n) is 5.74. The summed E-state index contributed by atoms with van der Waals surface area (Å²) in [6.07, 6.45) is 2.40. The highest BCUT2D eigenvalue weighted by molar-refractivity contribution is 5.85. The van der Waals surface area contributed by atoms with E-state index in [1.807, 2.05) is 24.3 Å². The van der Waals surface area contributed by atoms with Crippen LogP contribution in [0.15, 0.2) is 24.3 Å². The van der Waals surface area contributed by atoms with E-state index in [2.05, 4.69) is 15.3 Å². The minimum atomic E-state index is 0. The van der Waals surface area contributed by atoms with Crippen LogP contribution in [0.1, 0.15) is 12.8 Å². The van der Waals surface area contributed by atoms with Gasteiger partial charge in [-0.25, -0.2) is 0 Å². The fourth-order valence-electron chi connectivity index (χ4n) is 2.06. The molecule has 0 atom stereocenters. The van der Waals surface area contributed by atoms with Crippen LogP contribution in [0.25, 0.3) is 11.0 Å². The summed E-state index contributed by atoms with van der Waals surface area (Å²) in [5, 5.41) is 3.32. The summed E-state index contributed by atoms with van der Waals surface area (Å²) in [6.45, 7) is 2.07. The van der Waals surface area contributed by atoms with Crippen LogP contribution in [0.4, 0.5) is 0 Å². The number of hydrogen-bond acceptors (Lipinski definition) is 3. The maximum absolute atomic E-state index is 5.83. The molecule has 1 fully saturated rings. The molecule has 0 radical (unpaired) electrons. The maximum Gasteiger partial charge on any atom is 0.294 e. The van der Waals surface area contributed by atoms with E-state index in [1.54, 1.807) is 0 Å². The first kappa shape index (κ1) is 12.2. The zero-order chi connectivity index (χ0) is 10.8. The molecular weight excluding hydrogens is 238 g/mol. The number of fused-ring (bicyclic) bond motifs is 1. The Morgan fingerprint density at radius 2 is 1.94 bits per heavy atom. The maximum atomic E-state index is 5.83. The summed E-state index contributed by atoms with van der Waals surface area (Å²) in [5.41, 5.74) is 2.00. The number of piperidine rings is 1. The fraction of sp³-hybridized carbons (Fsp3) is 0.417. The molecule has 17 heavy (non-hydrogen) atoms. The summed E-state index contributed by atoms with van der Waals surface area (Å²) >= 11 is 0. The van der Waals surface area contributed by atoms with Gasteiger partial charge in [-0.05, 0) is 38.1 Å². The Bertz CT molecular complexity index is 446. The van der Waals surface area contributed by atoms with Crippen LogP contribution in [0.3, 0.4) is 0 Å². The van der Waals surface area contributed by atoms with Crippen molar-refractivity contribution >= 4 is 23.4 Å². The number of rotatable bonds is 2. The van der Waals surface area contributed by atoms with Crippen molar-refractivity contribution < 1.29 is 4.74 Å². The number of imidazole rings is 1. The highest BCUT2D eigenvalue weighted by Crippen LogP contribution is 2.18. The van der Waals surface area contributed by atoms with Crippen LogP contribution < -0.4 is 10.1 Å². The molecule has 1 saturated heterocycles. The van der Waals surface area contributed by atoms with Crippen molar-refractivity contribution in [3.8, 4) is 6.01 Å². The lowest BCUT2D eigenvalue weighted by molar-refractivity contribution is 0.151. The van der Waals surface area contributed by atoms with Gasteiger partial charge >= 0.3 is 0 Å². The molecule has 92 valence electrons. The molecule has 5 heteroatoms. The van der Waals surface area contributed by atoms with Gasteiger partial charge in [0.2, 0.25) is 0 Å². The van der Waals surface area contributed by atoms with Gasteiger partial charge in [0.05, 0.1) is 11.0 Å². The molecule has 0 aliphatic carbocycles. The summed E-state index contributed by atoms with van der Waals surface area (Å²) in [4.78, 5) is 7.60. The third-order valence-electron chi connectivity index (χ3n) is 2.93. The van der Waals surface area contributed by atoms with Crippen LogP contribution in [-0.4, -0.2) is 29.2 Å². The molecular formula is C12H16ClN3O. The average Bonchev–Trinajstić information content (AvgIpc) is 2.72. The Hall–Kier alpha value is -1.26. The van der Waals surface area contributed by atoms with Crippen molar-refractivity contribution in [1.82, 2.24) is 15.3 Å². The van der Waals surface area contributed by atoms with Crippen molar-refractivity contribution in [3.63, 3.8) is 0 Å². The van der Waals surface area contributed by atoms with E-state index >= 15 is 0 Å². The Labute approximate surface area is 106 Å². The molecule has 0 amide bonds. The number of ether oxygens (including phenoxy) is 1. The summed E-state index contributed by atoms with van der Waals surface area (Å²) in [7, 11) is 0. The number of para-hydroxylation sites is 2.